The van der Waals surface area contributed by atoms with E-state index in [1.54, 1.807) is 12.1 Å². The summed E-state index contributed by atoms with van der Waals surface area (Å²) in [6.45, 7) is 1.20. The van der Waals surface area contributed by atoms with Gasteiger partial charge in [0.1, 0.15) is 18.1 Å². The number of carbonyl (C=O) groups is 1. The summed E-state index contributed by atoms with van der Waals surface area (Å²) < 4.78 is 13.8. The van der Waals surface area contributed by atoms with Gasteiger partial charge in [-0.2, -0.15) is 0 Å². The van der Waals surface area contributed by atoms with Crippen molar-refractivity contribution >= 4 is 33.7 Å². The van der Waals surface area contributed by atoms with E-state index in [4.69, 9.17) is 9.47 Å². The number of aromatic nitrogens is 1. The van der Waals surface area contributed by atoms with Crippen LogP contribution in [0.5, 0.6) is 11.5 Å². The molecule has 4 aromatic carbocycles. The molecular formula is C29H23NO4. The zero-order valence-electron chi connectivity index (χ0n) is 18.4. The van der Waals surface area contributed by atoms with Crippen molar-refractivity contribution in [1.82, 2.24) is 4.57 Å². The zero-order chi connectivity index (χ0) is 23.3. The zero-order valence-corrected chi connectivity index (χ0v) is 18.4. The first-order chi connectivity index (χ1) is 16.7. The van der Waals surface area contributed by atoms with Crippen molar-refractivity contribution in [3.63, 3.8) is 0 Å². The molecule has 5 aromatic rings. The molecule has 1 aromatic heterocycles. The lowest BCUT2D eigenvalue weighted by Crippen LogP contribution is -2.08. The number of nitrogens with zero attached hydrogens (tertiary/aromatic N) is 1. The second-order valence-electron chi connectivity index (χ2n) is 7.91. The maximum Gasteiger partial charge on any atom is 0.371 e. The number of aliphatic carboxylic acids is 1. The first-order valence-corrected chi connectivity index (χ1v) is 11.0. The third-order valence-electron chi connectivity index (χ3n) is 5.60. The standard InChI is InChI=1S/C29H23NO4/c31-29(32)28(34-26-13-12-22-7-1-2-9-24(22)20-26)19-21-6-5-10-25(18-21)33-17-16-30-15-14-23-8-3-4-11-27(23)30/h1-15,18-20H,16-17H2,(H,31,32)/b28-19+. The molecule has 5 heteroatoms. The highest BCUT2D eigenvalue weighted by Gasteiger charge is 2.11. The molecule has 0 saturated carbocycles. The van der Waals surface area contributed by atoms with Crippen molar-refractivity contribution in [1.29, 1.82) is 0 Å². The van der Waals surface area contributed by atoms with Crippen LogP contribution in [0.25, 0.3) is 27.8 Å². The van der Waals surface area contributed by atoms with E-state index in [2.05, 4.69) is 29.0 Å². The van der Waals surface area contributed by atoms with E-state index in [1.807, 2.05) is 66.7 Å². The average Bonchev–Trinajstić information content (AvgIpc) is 3.27. The Morgan fingerprint density at radius 2 is 1.59 bits per heavy atom. The molecule has 5 nitrogen and oxygen atoms in total. The average molecular weight is 450 g/mol. The van der Waals surface area contributed by atoms with Crippen LogP contribution < -0.4 is 9.47 Å². The summed E-state index contributed by atoms with van der Waals surface area (Å²) in [5, 5.41) is 12.9. The Labute approximate surface area is 197 Å². The Morgan fingerprint density at radius 1 is 0.794 bits per heavy atom. The topological polar surface area (TPSA) is 60.7 Å². The molecule has 0 spiro atoms. The molecule has 0 amide bonds. The lowest BCUT2D eigenvalue weighted by molar-refractivity contribution is -0.134. The number of carboxylic acid groups (broad SMARTS) is 1. The third-order valence-corrected chi connectivity index (χ3v) is 5.60. The fourth-order valence-electron chi connectivity index (χ4n) is 3.94. The van der Waals surface area contributed by atoms with E-state index in [0.29, 0.717) is 30.2 Å². The number of benzene rings is 4. The van der Waals surface area contributed by atoms with E-state index < -0.39 is 5.97 Å². The molecule has 0 saturated heterocycles. The number of ether oxygens (including phenoxy) is 2. The molecule has 0 atom stereocenters. The van der Waals surface area contributed by atoms with Crippen molar-refractivity contribution in [3.8, 4) is 11.5 Å². The maximum absolute atomic E-state index is 11.8. The monoisotopic (exact) mass is 449 g/mol. The number of rotatable bonds is 8. The predicted molar refractivity (Wildman–Crippen MR) is 134 cm³/mol. The van der Waals surface area contributed by atoms with Crippen LogP contribution in [0.1, 0.15) is 5.56 Å². The van der Waals surface area contributed by atoms with E-state index in [9.17, 15) is 9.90 Å². The molecule has 0 radical (unpaired) electrons. The predicted octanol–water partition coefficient (Wildman–Crippen LogP) is 6.38. The number of hydrogen-bond donors (Lipinski definition) is 1. The third kappa shape index (κ3) is 4.79. The van der Waals surface area contributed by atoms with Gasteiger partial charge in [0.25, 0.3) is 0 Å². The van der Waals surface area contributed by atoms with Crippen molar-refractivity contribution in [3.05, 3.63) is 115 Å². The Balaban J connectivity index is 1.29. The molecule has 0 unspecified atom stereocenters. The first kappa shape index (κ1) is 21.3. The lowest BCUT2D eigenvalue weighted by atomic mass is 10.1. The molecule has 168 valence electrons. The molecule has 0 bridgehead atoms. The Hall–Kier alpha value is -4.51. The van der Waals surface area contributed by atoms with Crippen LogP contribution in [-0.4, -0.2) is 22.2 Å². The molecule has 34 heavy (non-hydrogen) atoms. The summed E-state index contributed by atoms with van der Waals surface area (Å²) in [5.41, 5.74) is 1.85. The molecule has 0 aliphatic rings. The second-order valence-corrected chi connectivity index (χ2v) is 7.91. The summed E-state index contributed by atoms with van der Waals surface area (Å²) in [6, 6.07) is 31.0. The largest absolute Gasteiger partial charge is 0.492 e. The Morgan fingerprint density at radius 3 is 2.44 bits per heavy atom. The van der Waals surface area contributed by atoms with Crippen LogP contribution in [0.2, 0.25) is 0 Å². The van der Waals surface area contributed by atoms with Gasteiger partial charge in [-0.05, 0) is 64.2 Å². The van der Waals surface area contributed by atoms with Crippen molar-refractivity contribution in [2.24, 2.45) is 0 Å². The summed E-state index contributed by atoms with van der Waals surface area (Å²) in [5.74, 6) is -0.162. The van der Waals surface area contributed by atoms with Gasteiger partial charge in [0.2, 0.25) is 5.76 Å². The van der Waals surface area contributed by atoms with Gasteiger partial charge in [-0.25, -0.2) is 4.79 Å². The van der Waals surface area contributed by atoms with Gasteiger partial charge >= 0.3 is 5.97 Å². The number of hydrogen-bond acceptors (Lipinski definition) is 3. The van der Waals surface area contributed by atoms with Crippen LogP contribution in [0.3, 0.4) is 0 Å². The van der Waals surface area contributed by atoms with Crippen LogP contribution in [0.15, 0.2) is 109 Å². The summed E-state index contributed by atoms with van der Waals surface area (Å²) in [4.78, 5) is 11.8. The first-order valence-electron chi connectivity index (χ1n) is 11.0. The Bertz CT molecular complexity index is 1500. The van der Waals surface area contributed by atoms with Gasteiger partial charge in [0.15, 0.2) is 0 Å². The summed E-state index contributed by atoms with van der Waals surface area (Å²) in [6.07, 6.45) is 3.56. The van der Waals surface area contributed by atoms with Gasteiger partial charge in [-0.15, -0.1) is 0 Å². The van der Waals surface area contributed by atoms with Gasteiger partial charge in [0, 0.05) is 11.7 Å². The highest BCUT2D eigenvalue weighted by Crippen LogP contribution is 2.24. The van der Waals surface area contributed by atoms with Crippen LogP contribution in [0.4, 0.5) is 0 Å². The number of carboxylic acids is 1. The highest BCUT2D eigenvalue weighted by atomic mass is 16.5. The Kier molecular flexibility index (Phi) is 5.99. The van der Waals surface area contributed by atoms with Crippen LogP contribution >= 0.6 is 0 Å². The molecular weight excluding hydrogens is 426 g/mol. The van der Waals surface area contributed by atoms with Crippen molar-refractivity contribution < 1.29 is 19.4 Å². The lowest BCUT2D eigenvalue weighted by Gasteiger charge is -2.10. The van der Waals surface area contributed by atoms with E-state index >= 15 is 0 Å². The number of fused-ring (bicyclic) bond motifs is 2. The minimum absolute atomic E-state index is 0.161. The van der Waals surface area contributed by atoms with Gasteiger partial charge < -0.3 is 19.1 Å². The molecule has 1 heterocycles. The minimum Gasteiger partial charge on any atom is -0.492 e. The molecule has 0 aliphatic carbocycles. The fourth-order valence-corrected chi connectivity index (χ4v) is 3.94. The van der Waals surface area contributed by atoms with E-state index in [0.717, 1.165) is 10.8 Å². The van der Waals surface area contributed by atoms with Crippen molar-refractivity contribution in [2.45, 2.75) is 6.54 Å². The summed E-state index contributed by atoms with van der Waals surface area (Å²) in [7, 11) is 0. The molecule has 0 aliphatic heterocycles. The second kappa shape index (κ2) is 9.55. The molecule has 0 fully saturated rings. The van der Waals surface area contributed by atoms with Crippen LogP contribution in [-0.2, 0) is 11.3 Å². The van der Waals surface area contributed by atoms with Crippen molar-refractivity contribution in [2.75, 3.05) is 6.61 Å². The van der Waals surface area contributed by atoms with Crippen LogP contribution in [0, 0.1) is 0 Å². The van der Waals surface area contributed by atoms with E-state index in [-0.39, 0.29) is 5.76 Å². The van der Waals surface area contributed by atoms with E-state index in [1.165, 1.54) is 17.0 Å². The van der Waals surface area contributed by atoms with Gasteiger partial charge in [0.05, 0.1) is 6.54 Å². The smallest absolute Gasteiger partial charge is 0.371 e. The maximum atomic E-state index is 11.8. The summed E-state index contributed by atoms with van der Waals surface area (Å²) >= 11 is 0. The minimum atomic E-state index is -1.14. The fraction of sp³-hybridized carbons (Fsp3) is 0.0690. The quantitative estimate of drug-likeness (QED) is 0.221. The van der Waals surface area contributed by atoms with Gasteiger partial charge in [-0.3, -0.25) is 0 Å². The normalized spacial score (nSPS) is 11.6. The molecule has 5 rings (SSSR count). The number of para-hydroxylation sites is 1. The SMILES string of the molecule is O=C(O)/C(=C\c1cccc(OCCn2ccc3ccccc32)c1)Oc1ccc2ccccc2c1. The van der Waals surface area contributed by atoms with Gasteiger partial charge in [-0.1, -0.05) is 60.7 Å². The highest BCUT2D eigenvalue weighted by molar-refractivity contribution is 5.91. The molecule has 1 N–H and O–H groups in total.